The van der Waals surface area contributed by atoms with E-state index in [4.69, 9.17) is 14.9 Å². The molecule has 0 spiro atoms. The fourth-order valence-corrected chi connectivity index (χ4v) is 2.78. The number of rotatable bonds is 10. The summed E-state index contributed by atoms with van der Waals surface area (Å²) in [5.74, 6) is 1.95. The zero-order chi connectivity index (χ0) is 19.8. The molecule has 0 bridgehead atoms. The number of ether oxygens (including phenoxy) is 2. The van der Waals surface area contributed by atoms with Crippen LogP contribution in [0.15, 0.2) is 12.4 Å². The van der Waals surface area contributed by atoms with Crippen LogP contribution in [-0.2, 0) is 6.61 Å². The minimum Gasteiger partial charge on any atom is -0.496 e. The second kappa shape index (κ2) is 9.82. The highest BCUT2D eigenvalue weighted by molar-refractivity contribution is 5.72. The highest BCUT2D eigenvalue weighted by atomic mass is 16.5. The van der Waals surface area contributed by atoms with Crippen molar-refractivity contribution in [3.63, 3.8) is 0 Å². The molecule has 27 heavy (non-hydrogen) atoms. The zero-order valence-corrected chi connectivity index (χ0v) is 16.2. The number of hydrogen-bond acceptors (Lipinski definition) is 8. The Labute approximate surface area is 159 Å². The number of anilines is 1. The number of methoxy groups -OCH3 is 1. The van der Waals surface area contributed by atoms with Gasteiger partial charge in [0.25, 0.3) is 0 Å². The van der Waals surface area contributed by atoms with Crippen molar-refractivity contribution >= 4 is 12.0 Å². The Bertz CT molecular complexity index is 782. The van der Waals surface area contributed by atoms with Crippen molar-refractivity contribution in [1.29, 1.82) is 5.41 Å². The second-order valence-electron chi connectivity index (χ2n) is 6.23. The molecule has 2 heterocycles. The van der Waals surface area contributed by atoms with Crippen molar-refractivity contribution in [1.82, 2.24) is 15.0 Å². The molecule has 0 unspecified atom stereocenters. The molecular weight excluding hydrogens is 346 g/mol. The Morgan fingerprint density at radius 1 is 1.30 bits per heavy atom. The van der Waals surface area contributed by atoms with E-state index in [0.717, 1.165) is 41.6 Å². The molecule has 0 saturated carbocycles. The lowest BCUT2D eigenvalue weighted by Gasteiger charge is -2.19. The summed E-state index contributed by atoms with van der Waals surface area (Å²) < 4.78 is 11.3. The maximum atomic E-state index is 9.55. The van der Waals surface area contributed by atoms with Crippen LogP contribution in [0.1, 0.15) is 42.4 Å². The molecule has 3 N–H and O–H groups in total. The topological polar surface area (TPSA) is 113 Å². The van der Waals surface area contributed by atoms with Gasteiger partial charge in [-0.1, -0.05) is 13.3 Å². The number of pyridine rings is 1. The number of hydrogen-bond donors (Lipinski definition) is 3. The van der Waals surface area contributed by atoms with Crippen molar-refractivity contribution in [3.8, 4) is 11.5 Å². The third-order valence-electron chi connectivity index (χ3n) is 4.22. The number of aliphatic hydroxyl groups excluding tert-OH is 1. The van der Waals surface area contributed by atoms with Crippen LogP contribution in [0.3, 0.4) is 0 Å². The van der Waals surface area contributed by atoms with E-state index in [1.165, 1.54) is 6.20 Å². The molecular formula is C19H27N5O3. The van der Waals surface area contributed by atoms with Crippen molar-refractivity contribution in [2.75, 3.05) is 19.0 Å². The van der Waals surface area contributed by atoms with Gasteiger partial charge in [-0.05, 0) is 20.3 Å². The van der Waals surface area contributed by atoms with Crippen LogP contribution < -0.4 is 14.8 Å². The quantitative estimate of drug-likeness (QED) is 0.549. The van der Waals surface area contributed by atoms with E-state index in [1.807, 2.05) is 20.8 Å². The summed E-state index contributed by atoms with van der Waals surface area (Å²) in [6.07, 6.45) is 6.05. The highest BCUT2D eigenvalue weighted by Gasteiger charge is 2.15. The van der Waals surface area contributed by atoms with E-state index in [9.17, 15) is 5.11 Å². The molecule has 1 atom stereocenters. The lowest BCUT2D eigenvalue weighted by Crippen LogP contribution is -2.25. The molecule has 2 aromatic heterocycles. The van der Waals surface area contributed by atoms with Crippen LogP contribution in [0.4, 0.5) is 5.82 Å². The summed E-state index contributed by atoms with van der Waals surface area (Å²) in [5.41, 5.74) is 2.64. The van der Waals surface area contributed by atoms with E-state index < -0.39 is 0 Å². The van der Waals surface area contributed by atoms with Gasteiger partial charge in [-0.15, -0.1) is 0 Å². The first-order valence-electron chi connectivity index (χ1n) is 8.90. The number of aryl methyl sites for hydroxylation is 1. The number of nitrogens with one attached hydrogen (secondary N) is 2. The first-order chi connectivity index (χ1) is 13.0. The lowest BCUT2D eigenvalue weighted by atomic mass is 10.1. The summed E-state index contributed by atoms with van der Waals surface area (Å²) in [7, 11) is 1.63. The Morgan fingerprint density at radius 2 is 2.07 bits per heavy atom. The summed E-state index contributed by atoms with van der Waals surface area (Å²) in [4.78, 5) is 12.8. The minimum atomic E-state index is -0.148. The Hall–Kier alpha value is -2.74. The van der Waals surface area contributed by atoms with Crippen molar-refractivity contribution < 1.29 is 14.6 Å². The second-order valence-corrected chi connectivity index (χ2v) is 6.23. The summed E-state index contributed by atoms with van der Waals surface area (Å²) in [5, 5.41) is 20.1. The van der Waals surface area contributed by atoms with Gasteiger partial charge in [-0.2, -0.15) is 0 Å². The third kappa shape index (κ3) is 5.13. The molecule has 0 aliphatic rings. The molecule has 8 heteroatoms. The van der Waals surface area contributed by atoms with E-state index >= 15 is 0 Å². The van der Waals surface area contributed by atoms with Gasteiger partial charge in [0, 0.05) is 17.3 Å². The van der Waals surface area contributed by atoms with E-state index in [0.29, 0.717) is 11.6 Å². The Kier molecular flexibility index (Phi) is 7.48. The molecule has 8 nitrogen and oxygen atoms in total. The first-order valence-corrected chi connectivity index (χ1v) is 8.90. The summed E-state index contributed by atoms with van der Waals surface area (Å²) >= 11 is 0. The van der Waals surface area contributed by atoms with Gasteiger partial charge in [-0.3, -0.25) is 4.98 Å². The molecule has 2 rings (SSSR count). The summed E-state index contributed by atoms with van der Waals surface area (Å²) in [6.45, 7) is 6.13. The number of nitrogens with zero attached hydrogens (tertiary/aromatic N) is 3. The average molecular weight is 373 g/mol. The molecule has 0 amide bonds. The predicted molar refractivity (Wildman–Crippen MR) is 104 cm³/mol. The molecule has 0 saturated heterocycles. The number of aromatic nitrogens is 3. The fourth-order valence-electron chi connectivity index (χ4n) is 2.78. The number of aliphatic hydroxyl groups is 1. The van der Waals surface area contributed by atoms with Crippen LogP contribution in [0.5, 0.6) is 11.5 Å². The smallest absolute Gasteiger partial charge is 0.180 e. The maximum Gasteiger partial charge on any atom is 0.180 e. The van der Waals surface area contributed by atoms with Gasteiger partial charge in [0.1, 0.15) is 12.4 Å². The van der Waals surface area contributed by atoms with E-state index in [1.54, 1.807) is 13.3 Å². The highest BCUT2D eigenvalue weighted by Crippen LogP contribution is 2.27. The molecule has 0 aliphatic carbocycles. The minimum absolute atomic E-state index is 0.0208. The SMILES string of the molecule is CCC[C@@H](CO)Nc1nc(C=N)ncc1OCc1ncc(C)c(OC)c1C. The normalized spacial score (nSPS) is 11.7. The largest absolute Gasteiger partial charge is 0.496 e. The lowest BCUT2D eigenvalue weighted by molar-refractivity contribution is 0.266. The fraction of sp³-hybridized carbons (Fsp3) is 0.474. The van der Waals surface area contributed by atoms with Crippen LogP contribution >= 0.6 is 0 Å². The maximum absolute atomic E-state index is 9.55. The molecule has 0 aromatic carbocycles. The van der Waals surface area contributed by atoms with Crippen LogP contribution in [0, 0.1) is 19.3 Å². The van der Waals surface area contributed by atoms with Crippen LogP contribution in [-0.4, -0.2) is 46.0 Å². The standard InChI is InChI=1S/C19H27N5O3/c1-5-6-14(10-25)23-19-16(9-22-17(7-20)24-19)27-11-15-13(3)18(26-4)12(2)8-21-15/h7-9,14,20,25H,5-6,10-11H2,1-4H3,(H,22,23,24)/t14-/m0/s1. The van der Waals surface area contributed by atoms with Gasteiger partial charge in [0.2, 0.25) is 0 Å². The van der Waals surface area contributed by atoms with E-state index in [2.05, 4.69) is 20.3 Å². The van der Waals surface area contributed by atoms with Crippen LogP contribution in [0.2, 0.25) is 0 Å². The first kappa shape index (κ1) is 20.6. The predicted octanol–water partition coefficient (Wildman–Crippen LogP) is 2.65. The van der Waals surface area contributed by atoms with E-state index in [-0.39, 0.29) is 25.1 Å². The summed E-state index contributed by atoms with van der Waals surface area (Å²) in [6, 6.07) is -0.148. The van der Waals surface area contributed by atoms with Gasteiger partial charge < -0.3 is 25.3 Å². The third-order valence-corrected chi connectivity index (χ3v) is 4.22. The molecule has 0 aliphatic heterocycles. The zero-order valence-electron chi connectivity index (χ0n) is 16.2. The molecule has 146 valence electrons. The van der Waals surface area contributed by atoms with Crippen molar-refractivity contribution in [2.45, 2.75) is 46.3 Å². The van der Waals surface area contributed by atoms with Gasteiger partial charge in [0.15, 0.2) is 17.4 Å². The molecule has 2 aromatic rings. The van der Waals surface area contributed by atoms with Crippen LogP contribution in [0.25, 0.3) is 0 Å². The molecule has 0 radical (unpaired) electrons. The monoisotopic (exact) mass is 373 g/mol. The van der Waals surface area contributed by atoms with Crippen molar-refractivity contribution in [3.05, 3.63) is 35.0 Å². The Balaban J connectivity index is 2.24. The van der Waals surface area contributed by atoms with Gasteiger partial charge in [0.05, 0.1) is 37.9 Å². The van der Waals surface area contributed by atoms with Crippen molar-refractivity contribution in [2.24, 2.45) is 0 Å². The van der Waals surface area contributed by atoms with Gasteiger partial charge >= 0.3 is 0 Å². The Morgan fingerprint density at radius 3 is 2.70 bits per heavy atom. The molecule has 0 fully saturated rings. The average Bonchev–Trinajstić information content (AvgIpc) is 2.68. The van der Waals surface area contributed by atoms with Gasteiger partial charge in [-0.25, -0.2) is 9.97 Å².